The van der Waals surface area contributed by atoms with Crippen LogP contribution in [0.1, 0.15) is 100 Å². The molecule has 1 saturated carbocycles. The van der Waals surface area contributed by atoms with Crippen molar-refractivity contribution in [2.45, 2.75) is 90.9 Å². The molecule has 2 aromatic carbocycles. The number of ether oxygens (including phenoxy) is 2. The highest BCUT2D eigenvalue weighted by molar-refractivity contribution is 5.91. The average Bonchev–Trinajstić information content (AvgIpc) is 2.89. The fraction of sp³-hybridized carbons (Fsp3) is 0.531. The molecule has 0 heterocycles. The summed E-state index contributed by atoms with van der Waals surface area (Å²) in [6.07, 6.45) is 20.1. The molecule has 1 aliphatic rings. The zero-order valence-corrected chi connectivity index (χ0v) is 21.8. The molecule has 0 atom stereocenters. The van der Waals surface area contributed by atoms with Crippen LogP contribution < -0.4 is 9.47 Å². The van der Waals surface area contributed by atoms with E-state index in [-0.39, 0.29) is 5.97 Å². The molecule has 0 unspecified atom stereocenters. The summed E-state index contributed by atoms with van der Waals surface area (Å²) in [6.45, 7) is 5.05. The molecule has 0 bridgehead atoms. The number of benzene rings is 2. The number of unbranched alkanes of at least 4 members (excludes halogenated alkanes) is 4. The predicted molar refractivity (Wildman–Crippen MR) is 145 cm³/mol. The van der Waals surface area contributed by atoms with E-state index in [4.69, 9.17) is 9.47 Å². The molecular weight excluding hydrogens is 432 g/mol. The van der Waals surface area contributed by atoms with Gasteiger partial charge in [-0.25, -0.2) is 4.79 Å². The summed E-state index contributed by atoms with van der Waals surface area (Å²) >= 11 is 0. The SMILES string of the molecule is CCCCCc1ccc(OC(=O)c2ccc(OC/C=C/[C@H]3CC[C@H](CCCCC)CC3)cc2)cc1. The van der Waals surface area contributed by atoms with Gasteiger partial charge in [0, 0.05) is 0 Å². The molecule has 35 heavy (non-hydrogen) atoms. The summed E-state index contributed by atoms with van der Waals surface area (Å²) in [5.74, 6) is 2.64. The molecule has 0 aromatic heterocycles. The van der Waals surface area contributed by atoms with Crippen LogP contribution in [0.5, 0.6) is 11.5 Å². The van der Waals surface area contributed by atoms with Gasteiger partial charge in [-0.1, -0.05) is 76.7 Å². The van der Waals surface area contributed by atoms with Gasteiger partial charge in [-0.2, -0.15) is 0 Å². The minimum Gasteiger partial charge on any atom is -0.490 e. The van der Waals surface area contributed by atoms with Crippen LogP contribution in [0, 0.1) is 11.8 Å². The number of allylic oxidation sites excluding steroid dienone is 1. The van der Waals surface area contributed by atoms with Gasteiger partial charge in [0.1, 0.15) is 18.1 Å². The molecule has 3 nitrogen and oxygen atoms in total. The normalized spacial score (nSPS) is 18.0. The van der Waals surface area contributed by atoms with Crippen molar-refractivity contribution in [1.82, 2.24) is 0 Å². The van der Waals surface area contributed by atoms with Gasteiger partial charge < -0.3 is 9.47 Å². The van der Waals surface area contributed by atoms with Crippen molar-refractivity contribution in [3.05, 3.63) is 71.8 Å². The molecule has 3 rings (SSSR count). The molecule has 0 radical (unpaired) electrons. The standard InChI is InChI=1S/C32H44O3/c1-3-5-7-10-26-13-15-28(16-14-26)12-9-25-34-30-23-19-29(20-24-30)32(33)35-31-21-17-27(18-22-31)11-8-6-4-2/h9,12,17-24,26,28H,3-8,10-11,13-16,25H2,1-2H3/b12-9+/t26-,28-. The minimum atomic E-state index is -0.347. The molecular formula is C32H44O3. The van der Waals surface area contributed by atoms with Gasteiger partial charge in [0.2, 0.25) is 0 Å². The molecule has 1 aliphatic carbocycles. The maximum absolute atomic E-state index is 12.5. The maximum Gasteiger partial charge on any atom is 0.343 e. The molecule has 190 valence electrons. The van der Waals surface area contributed by atoms with Crippen LogP contribution in [0.15, 0.2) is 60.7 Å². The second-order valence-corrected chi connectivity index (χ2v) is 10.0. The van der Waals surface area contributed by atoms with Crippen molar-refractivity contribution in [2.24, 2.45) is 11.8 Å². The Balaban J connectivity index is 1.35. The average molecular weight is 477 g/mol. The van der Waals surface area contributed by atoms with E-state index in [1.54, 1.807) is 12.1 Å². The Kier molecular flexibility index (Phi) is 11.9. The van der Waals surface area contributed by atoms with E-state index in [0.717, 1.165) is 18.1 Å². The highest BCUT2D eigenvalue weighted by atomic mass is 16.5. The van der Waals surface area contributed by atoms with Crippen molar-refractivity contribution >= 4 is 5.97 Å². The lowest BCUT2D eigenvalue weighted by Gasteiger charge is -2.26. The molecule has 0 saturated heterocycles. The largest absolute Gasteiger partial charge is 0.490 e. The first-order chi connectivity index (χ1) is 17.2. The number of carbonyl (C=O) groups is 1. The Morgan fingerprint density at radius 3 is 2.17 bits per heavy atom. The zero-order chi connectivity index (χ0) is 24.7. The van der Waals surface area contributed by atoms with Crippen LogP contribution in [0.3, 0.4) is 0 Å². The molecule has 1 fully saturated rings. The quantitative estimate of drug-likeness (QED) is 0.118. The van der Waals surface area contributed by atoms with Crippen molar-refractivity contribution in [2.75, 3.05) is 6.61 Å². The van der Waals surface area contributed by atoms with Crippen LogP contribution in [0.25, 0.3) is 0 Å². The highest BCUT2D eigenvalue weighted by Gasteiger charge is 2.18. The van der Waals surface area contributed by atoms with E-state index in [1.807, 2.05) is 36.4 Å². The summed E-state index contributed by atoms with van der Waals surface area (Å²) in [7, 11) is 0. The Labute approximate surface area is 212 Å². The first kappa shape index (κ1) is 27.0. The molecule has 0 amide bonds. The predicted octanol–water partition coefficient (Wildman–Crippen LogP) is 8.96. The lowest BCUT2D eigenvalue weighted by atomic mass is 9.79. The Bertz CT molecular complexity index is 874. The van der Waals surface area contributed by atoms with Gasteiger partial charge in [-0.3, -0.25) is 0 Å². The number of rotatable bonds is 14. The molecule has 0 aliphatic heterocycles. The Morgan fingerprint density at radius 1 is 0.829 bits per heavy atom. The van der Waals surface area contributed by atoms with Crippen LogP contribution in [0.4, 0.5) is 0 Å². The first-order valence-electron chi connectivity index (χ1n) is 13.9. The Morgan fingerprint density at radius 2 is 1.49 bits per heavy atom. The van der Waals surface area contributed by atoms with Crippen LogP contribution in [0.2, 0.25) is 0 Å². The third-order valence-corrected chi connectivity index (χ3v) is 7.15. The van der Waals surface area contributed by atoms with Crippen molar-refractivity contribution in [3.63, 3.8) is 0 Å². The van der Waals surface area contributed by atoms with E-state index in [2.05, 4.69) is 26.0 Å². The van der Waals surface area contributed by atoms with E-state index in [0.29, 0.717) is 23.8 Å². The number of hydrogen-bond acceptors (Lipinski definition) is 3. The number of carbonyl (C=O) groups excluding carboxylic acids is 1. The zero-order valence-electron chi connectivity index (χ0n) is 21.8. The van der Waals surface area contributed by atoms with Gasteiger partial charge in [0.25, 0.3) is 0 Å². The monoisotopic (exact) mass is 476 g/mol. The van der Waals surface area contributed by atoms with E-state index in [1.165, 1.54) is 76.2 Å². The van der Waals surface area contributed by atoms with Crippen LogP contribution >= 0.6 is 0 Å². The van der Waals surface area contributed by atoms with Crippen LogP contribution in [-0.2, 0) is 6.42 Å². The summed E-state index contributed by atoms with van der Waals surface area (Å²) in [5.41, 5.74) is 1.81. The van der Waals surface area contributed by atoms with Crippen LogP contribution in [-0.4, -0.2) is 12.6 Å². The van der Waals surface area contributed by atoms with Crippen molar-refractivity contribution in [1.29, 1.82) is 0 Å². The summed E-state index contributed by atoms with van der Waals surface area (Å²) in [4.78, 5) is 12.5. The Hall–Kier alpha value is -2.55. The fourth-order valence-electron chi connectivity index (χ4n) is 4.90. The third-order valence-electron chi connectivity index (χ3n) is 7.15. The summed E-state index contributed by atoms with van der Waals surface area (Å²) in [5, 5.41) is 0. The first-order valence-corrected chi connectivity index (χ1v) is 13.9. The topological polar surface area (TPSA) is 35.5 Å². The van der Waals surface area contributed by atoms with Crippen molar-refractivity contribution < 1.29 is 14.3 Å². The molecule has 3 heteroatoms. The minimum absolute atomic E-state index is 0.347. The third kappa shape index (κ3) is 9.92. The molecule has 0 spiro atoms. The summed E-state index contributed by atoms with van der Waals surface area (Å²) < 4.78 is 11.4. The number of aryl methyl sites for hydroxylation is 1. The number of hydrogen-bond donors (Lipinski definition) is 0. The van der Waals surface area contributed by atoms with Gasteiger partial charge in [0.15, 0.2) is 0 Å². The fourth-order valence-corrected chi connectivity index (χ4v) is 4.90. The van der Waals surface area contributed by atoms with E-state index >= 15 is 0 Å². The van der Waals surface area contributed by atoms with E-state index in [9.17, 15) is 4.79 Å². The molecule has 0 N–H and O–H groups in total. The second-order valence-electron chi connectivity index (χ2n) is 10.0. The smallest absolute Gasteiger partial charge is 0.343 e. The highest BCUT2D eigenvalue weighted by Crippen LogP contribution is 2.32. The van der Waals surface area contributed by atoms with E-state index < -0.39 is 0 Å². The van der Waals surface area contributed by atoms with Gasteiger partial charge in [-0.15, -0.1) is 0 Å². The van der Waals surface area contributed by atoms with Gasteiger partial charge >= 0.3 is 5.97 Å². The van der Waals surface area contributed by atoms with Crippen molar-refractivity contribution in [3.8, 4) is 11.5 Å². The molecule has 2 aromatic rings. The number of esters is 1. The summed E-state index contributed by atoms with van der Waals surface area (Å²) in [6, 6.07) is 15.0. The second kappa shape index (κ2) is 15.4. The van der Waals surface area contributed by atoms with Gasteiger partial charge in [0.05, 0.1) is 5.56 Å². The maximum atomic E-state index is 12.5. The lowest BCUT2D eigenvalue weighted by molar-refractivity contribution is 0.0734. The lowest BCUT2D eigenvalue weighted by Crippen LogP contribution is -2.13. The van der Waals surface area contributed by atoms with Gasteiger partial charge in [-0.05, 0) is 92.3 Å².